The molecule has 0 aromatic carbocycles. The molecule has 0 spiro atoms. The van der Waals surface area contributed by atoms with Crippen molar-refractivity contribution >= 4 is 18.2 Å². The van der Waals surface area contributed by atoms with E-state index in [1.54, 1.807) is 0 Å². The molecule has 0 aliphatic rings. The zero-order valence-electron chi connectivity index (χ0n) is 9.26. The van der Waals surface area contributed by atoms with E-state index in [1.165, 1.54) is 7.05 Å². The summed E-state index contributed by atoms with van der Waals surface area (Å²) in [6, 6.07) is 0. The van der Waals surface area contributed by atoms with E-state index in [2.05, 4.69) is 0 Å². The van der Waals surface area contributed by atoms with Crippen molar-refractivity contribution in [1.29, 1.82) is 0 Å². The molecule has 0 fully saturated rings. The van der Waals surface area contributed by atoms with Crippen molar-refractivity contribution in [1.82, 2.24) is 9.80 Å². The molecule has 16 heavy (non-hydrogen) atoms. The molecule has 7 heteroatoms. The number of aliphatic hydroxyl groups is 1. The SMILES string of the molecule is CN(CCO)C(=O)C(=O)N(C=O)CCCN. The minimum Gasteiger partial charge on any atom is -0.395 e. The number of nitrogens with zero attached hydrogens (tertiary/aromatic N) is 2. The van der Waals surface area contributed by atoms with Crippen LogP contribution in [-0.4, -0.2) is 66.4 Å². The molecule has 0 aromatic rings. The Morgan fingerprint density at radius 2 is 1.94 bits per heavy atom. The monoisotopic (exact) mass is 231 g/mol. The molecule has 0 aromatic heterocycles. The third kappa shape index (κ3) is 4.37. The molecule has 0 rings (SSSR count). The normalized spacial score (nSPS) is 9.69. The van der Waals surface area contributed by atoms with Gasteiger partial charge in [0.25, 0.3) is 0 Å². The first-order valence-electron chi connectivity index (χ1n) is 4.90. The van der Waals surface area contributed by atoms with Crippen LogP contribution in [0.15, 0.2) is 0 Å². The number of amides is 3. The predicted octanol–water partition coefficient (Wildman–Crippen LogP) is -2.23. The predicted molar refractivity (Wildman–Crippen MR) is 56.2 cm³/mol. The Hall–Kier alpha value is -1.47. The Morgan fingerprint density at radius 3 is 2.38 bits per heavy atom. The summed E-state index contributed by atoms with van der Waals surface area (Å²) in [4.78, 5) is 35.3. The lowest BCUT2D eigenvalue weighted by Gasteiger charge is -2.19. The number of carbonyl (C=O) groups excluding carboxylic acids is 3. The molecule has 0 saturated carbocycles. The molecule has 3 amide bonds. The fourth-order valence-electron chi connectivity index (χ4n) is 1.00. The van der Waals surface area contributed by atoms with Gasteiger partial charge in [0.2, 0.25) is 6.41 Å². The summed E-state index contributed by atoms with van der Waals surface area (Å²) < 4.78 is 0. The largest absolute Gasteiger partial charge is 0.395 e. The van der Waals surface area contributed by atoms with Gasteiger partial charge in [-0.3, -0.25) is 19.3 Å². The van der Waals surface area contributed by atoms with E-state index in [0.29, 0.717) is 19.4 Å². The van der Waals surface area contributed by atoms with Crippen LogP contribution in [0.1, 0.15) is 6.42 Å². The van der Waals surface area contributed by atoms with Crippen molar-refractivity contribution in [2.45, 2.75) is 6.42 Å². The van der Waals surface area contributed by atoms with Crippen LogP contribution in [0.4, 0.5) is 0 Å². The van der Waals surface area contributed by atoms with Gasteiger partial charge >= 0.3 is 11.8 Å². The van der Waals surface area contributed by atoms with E-state index >= 15 is 0 Å². The van der Waals surface area contributed by atoms with Gasteiger partial charge in [-0.05, 0) is 13.0 Å². The summed E-state index contributed by atoms with van der Waals surface area (Å²) in [5.74, 6) is -1.72. The lowest BCUT2D eigenvalue weighted by atomic mass is 10.3. The van der Waals surface area contributed by atoms with Crippen molar-refractivity contribution in [2.75, 3.05) is 33.3 Å². The summed E-state index contributed by atoms with van der Waals surface area (Å²) in [6.07, 6.45) is 0.754. The van der Waals surface area contributed by atoms with Crippen LogP contribution >= 0.6 is 0 Å². The summed E-state index contributed by atoms with van der Waals surface area (Å²) >= 11 is 0. The Labute approximate surface area is 93.8 Å². The maximum atomic E-state index is 11.5. The fraction of sp³-hybridized carbons (Fsp3) is 0.667. The van der Waals surface area contributed by atoms with Crippen LogP contribution in [-0.2, 0) is 14.4 Å². The van der Waals surface area contributed by atoms with Crippen LogP contribution < -0.4 is 5.73 Å². The first kappa shape index (κ1) is 14.5. The quantitative estimate of drug-likeness (QED) is 0.398. The van der Waals surface area contributed by atoms with Crippen LogP contribution in [0.3, 0.4) is 0 Å². The number of carbonyl (C=O) groups is 3. The minimum atomic E-state index is -0.903. The van der Waals surface area contributed by atoms with Gasteiger partial charge in [0.15, 0.2) is 0 Å². The number of nitrogens with two attached hydrogens (primary N) is 1. The highest BCUT2D eigenvalue weighted by atomic mass is 16.3. The summed E-state index contributed by atoms with van der Waals surface area (Å²) in [6.45, 7) is 0.267. The maximum Gasteiger partial charge on any atom is 0.318 e. The van der Waals surface area contributed by atoms with Crippen LogP contribution in [0.5, 0.6) is 0 Å². The highest BCUT2D eigenvalue weighted by Gasteiger charge is 2.23. The summed E-state index contributed by atoms with van der Waals surface area (Å²) in [5, 5.41) is 8.60. The molecule has 0 bridgehead atoms. The lowest BCUT2D eigenvalue weighted by Crippen LogP contribution is -2.44. The van der Waals surface area contributed by atoms with E-state index in [-0.39, 0.29) is 19.7 Å². The molecule has 7 nitrogen and oxygen atoms in total. The second-order valence-electron chi connectivity index (χ2n) is 3.20. The zero-order chi connectivity index (χ0) is 12.6. The second kappa shape index (κ2) is 7.77. The van der Waals surface area contributed by atoms with E-state index in [0.717, 1.165) is 9.80 Å². The molecule has 0 aliphatic heterocycles. The van der Waals surface area contributed by atoms with E-state index in [9.17, 15) is 14.4 Å². The summed E-state index contributed by atoms with van der Waals surface area (Å²) in [7, 11) is 1.38. The van der Waals surface area contributed by atoms with Crippen LogP contribution in [0, 0.1) is 0 Å². The first-order valence-corrected chi connectivity index (χ1v) is 4.90. The van der Waals surface area contributed by atoms with Gasteiger partial charge < -0.3 is 15.7 Å². The molecule has 0 unspecified atom stereocenters. The van der Waals surface area contributed by atoms with Crippen molar-refractivity contribution in [3.05, 3.63) is 0 Å². The van der Waals surface area contributed by atoms with Crippen LogP contribution in [0.2, 0.25) is 0 Å². The highest BCUT2D eigenvalue weighted by molar-refractivity contribution is 6.36. The average molecular weight is 231 g/mol. The smallest absolute Gasteiger partial charge is 0.318 e. The van der Waals surface area contributed by atoms with Crippen molar-refractivity contribution in [3.63, 3.8) is 0 Å². The molecule has 0 saturated heterocycles. The van der Waals surface area contributed by atoms with E-state index in [4.69, 9.17) is 10.8 Å². The van der Waals surface area contributed by atoms with Gasteiger partial charge in [-0.1, -0.05) is 0 Å². The van der Waals surface area contributed by atoms with Gasteiger partial charge in [-0.15, -0.1) is 0 Å². The van der Waals surface area contributed by atoms with Crippen molar-refractivity contribution < 1.29 is 19.5 Å². The lowest BCUT2D eigenvalue weighted by molar-refractivity contribution is -0.153. The maximum absolute atomic E-state index is 11.5. The molecular formula is C9H17N3O4. The number of rotatable bonds is 6. The second-order valence-corrected chi connectivity index (χ2v) is 3.20. The number of imide groups is 1. The number of hydrogen-bond acceptors (Lipinski definition) is 5. The Balaban J connectivity index is 4.37. The molecular weight excluding hydrogens is 214 g/mol. The van der Waals surface area contributed by atoms with Gasteiger partial charge in [-0.2, -0.15) is 0 Å². The van der Waals surface area contributed by atoms with Gasteiger partial charge in [0, 0.05) is 20.1 Å². The fourth-order valence-corrected chi connectivity index (χ4v) is 1.00. The van der Waals surface area contributed by atoms with Gasteiger partial charge in [-0.25, -0.2) is 0 Å². The van der Waals surface area contributed by atoms with E-state index < -0.39 is 11.8 Å². The number of likely N-dealkylation sites (N-methyl/N-ethyl adjacent to an activating group) is 1. The van der Waals surface area contributed by atoms with Crippen molar-refractivity contribution in [3.8, 4) is 0 Å². The van der Waals surface area contributed by atoms with Crippen LogP contribution in [0.25, 0.3) is 0 Å². The summed E-state index contributed by atoms with van der Waals surface area (Å²) in [5.41, 5.74) is 5.23. The molecule has 0 atom stereocenters. The molecule has 0 radical (unpaired) electrons. The molecule has 0 heterocycles. The molecule has 92 valence electrons. The standard InChI is InChI=1S/C9H17N3O4/c1-11(5-6-13)8(15)9(16)12(7-14)4-2-3-10/h7,13H,2-6,10H2,1H3. The minimum absolute atomic E-state index is 0.0498. The average Bonchev–Trinajstić information content (AvgIpc) is 2.29. The van der Waals surface area contributed by atoms with E-state index in [1.807, 2.05) is 0 Å². The number of aliphatic hydroxyl groups excluding tert-OH is 1. The van der Waals surface area contributed by atoms with Crippen molar-refractivity contribution in [2.24, 2.45) is 5.73 Å². The molecule has 3 N–H and O–H groups in total. The first-order chi connectivity index (χ1) is 7.58. The van der Waals surface area contributed by atoms with Gasteiger partial charge in [0.05, 0.1) is 6.61 Å². The number of hydrogen-bond donors (Lipinski definition) is 2. The third-order valence-electron chi connectivity index (χ3n) is 1.96. The molecule has 0 aliphatic carbocycles. The topological polar surface area (TPSA) is 104 Å². The Kier molecular flexibility index (Phi) is 7.06. The van der Waals surface area contributed by atoms with Gasteiger partial charge in [0.1, 0.15) is 0 Å². The zero-order valence-corrected chi connectivity index (χ0v) is 9.26. The Morgan fingerprint density at radius 1 is 1.31 bits per heavy atom. The third-order valence-corrected chi connectivity index (χ3v) is 1.96. The Bertz CT molecular complexity index is 257. The highest BCUT2D eigenvalue weighted by Crippen LogP contribution is 1.93.